The molecule has 2 heteroatoms. The molecule has 120 valence electrons. The van der Waals surface area contributed by atoms with Gasteiger partial charge in [0, 0.05) is 5.92 Å². The summed E-state index contributed by atoms with van der Waals surface area (Å²) in [6.45, 7) is 10.9. The summed E-state index contributed by atoms with van der Waals surface area (Å²) >= 11 is 0. The van der Waals surface area contributed by atoms with Crippen LogP contribution in [0.2, 0.25) is 0 Å². The van der Waals surface area contributed by atoms with Crippen LogP contribution in [0.3, 0.4) is 0 Å². The first-order valence-corrected chi connectivity index (χ1v) is 7.96. The van der Waals surface area contributed by atoms with Gasteiger partial charge in [0.2, 0.25) is 0 Å². The van der Waals surface area contributed by atoms with Crippen LogP contribution >= 0.6 is 0 Å². The number of allylic oxidation sites excluding steroid dienone is 4. The van der Waals surface area contributed by atoms with Gasteiger partial charge in [-0.05, 0) is 56.7 Å². The molecule has 1 aliphatic carbocycles. The summed E-state index contributed by atoms with van der Waals surface area (Å²) < 4.78 is 11.4. The van der Waals surface area contributed by atoms with Gasteiger partial charge in [-0.3, -0.25) is 0 Å². The molecule has 1 aromatic carbocycles. The van der Waals surface area contributed by atoms with Gasteiger partial charge < -0.3 is 9.47 Å². The second kappa shape index (κ2) is 6.60. The van der Waals surface area contributed by atoms with Crippen molar-refractivity contribution in [2.45, 2.75) is 47.0 Å². The maximum Gasteiger partial charge on any atom is 0.125 e. The lowest BCUT2D eigenvalue weighted by atomic mass is 9.77. The Morgan fingerprint density at radius 2 is 1.73 bits per heavy atom. The Balaban J connectivity index is 2.48. The summed E-state index contributed by atoms with van der Waals surface area (Å²) in [6.07, 6.45) is 3.28. The lowest BCUT2D eigenvalue weighted by Crippen LogP contribution is -2.19. The minimum Gasteiger partial charge on any atom is -0.501 e. The van der Waals surface area contributed by atoms with Gasteiger partial charge in [0.1, 0.15) is 11.5 Å². The Hall–Kier alpha value is -1.70. The highest BCUT2D eigenvalue weighted by atomic mass is 16.5. The molecule has 0 saturated heterocycles. The predicted octanol–water partition coefficient (Wildman–Crippen LogP) is 5.30. The van der Waals surface area contributed by atoms with Crippen molar-refractivity contribution in [1.29, 1.82) is 0 Å². The highest BCUT2D eigenvalue weighted by molar-refractivity contribution is 5.47. The van der Waals surface area contributed by atoms with Crippen LogP contribution in [0, 0.1) is 19.8 Å². The molecule has 0 aromatic heterocycles. The van der Waals surface area contributed by atoms with E-state index in [9.17, 15) is 0 Å². The highest BCUT2D eigenvalue weighted by Gasteiger charge is 2.30. The van der Waals surface area contributed by atoms with Gasteiger partial charge in [0.25, 0.3) is 0 Å². The van der Waals surface area contributed by atoms with Crippen LogP contribution in [0.5, 0.6) is 5.75 Å². The number of hydrogen-bond donors (Lipinski definition) is 0. The maximum atomic E-state index is 5.74. The second-order valence-corrected chi connectivity index (χ2v) is 6.55. The van der Waals surface area contributed by atoms with E-state index in [1.54, 1.807) is 14.2 Å². The second-order valence-electron chi connectivity index (χ2n) is 6.55. The van der Waals surface area contributed by atoms with E-state index in [0.717, 1.165) is 17.9 Å². The van der Waals surface area contributed by atoms with Crippen molar-refractivity contribution in [2.75, 3.05) is 14.2 Å². The monoisotopic (exact) mass is 300 g/mol. The topological polar surface area (TPSA) is 18.5 Å². The van der Waals surface area contributed by atoms with Gasteiger partial charge in [0.15, 0.2) is 0 Å². The first kappa shape index (κ1) is 16.7. The average molecular weight is 300 g/mol. The van der Waals surface area contributed by atoms with Gasteiger partial charge >= 0.3 is 0 Å². The zero-order valence-electron chi connectivity index (χ0n) is 14.9. The van der Waals surface area contributed by atoms with Crippen molar-refractivity contribution in [3.05, 3.63) is 51.8 Å². The van der Waals surface area contributed by atoms with E-state index in [-0.39, 0.29) is 0 Å². The van der Waals surface area contributed by atoms with Crippen LogP contribution in [-0.4, -0.2) is 14.2 Å². The van der Waals surface area contributed by atoms with Crippen LogP contribution in [0.4, 0.5) is 0 Å². The van der Waals surface area contributed by atoms with Crippen LogP contribution in [0.15, 0.2) is 35.1 Å². The Morgan fingerprint density at radius 1 is 1.05 bits per heavy atom. The molecule has 0 fully saturated rings. The van der Waals surface area contributed by atoms with Crippen molar-refractivity contribution >= 4 is 0 Å². The molecule has 0 spiro atoms. The quantitative estimate of drug-likeness (QED) is 0.751. The average Bonchev–Trinajstić information content (AvgIpc) is 2.45. The third kappa shape index (κ3) is 3.06. The van der Waals surface area contributed by atoms with E-state index in [4.69, 9.17) is 9.47 Å². The summed E-state index contributed by atoms with van der Waals surface area (Å²) in [5, 5.41) is 0. The SMILES string of the molecule is COC1=C(C)C=C(C)CC1C(C)c1cc(C)cc(C)c1OC. The molecule has 1 aromatic rings. The van der Waals surface area contributed by atoms with Crippen molar-refractivity contribution in [3.8, 4) is 5.75 Å². The summed E-state index contributed by atoms with van der Waals surface area (Å²) in [4.78, 5) is 0. The molecular weight excluding hydrogens is 272 g/mol. The molecule has 0 amide bonds. The van der Waals surface area contributed by atoms with Gasteiger partial charge in [-0.15, -0.1) is 0 Å². The smallest absolute Gasteiger partial charge is 0.125 e. The van der Waals surface area contributed by atoms with E-state index in [1.807, 2.05) is 0 Å². The fourth-order valence-electron chi connectivity index (χ4n) is 3.77. The predicted molar refractivity (Wildman–Crippen MR) is 92.5 cm³/mol. The van der Waals surface area contributed by atoms with Crippen molar-refractivity contribution in [2.24, 2.45) is 5.92 Å². The van der Waals surface area contributed by atoms with Crippen LogP contribution in [0.1, 0.15) is 49.8 Å². The van der Waals surface area contributed by atoms with Crippen LogP contribution < -0.4 is 4.74 Å². The minimum absolute atomic E-state index is 0.349. The number of rotatable bonds is 4. The fourth-order valence-corrected chi connectivity index (χ4v) is 3.77. The van der Waals surface area contributed by atoms with Gasteiger partial charge in [-0.25, -0.2) is 0 Å². The largest absolute Gasteiger partial charge is 0.501 e. The Labute approximate surface area is 134 Å². The zero-order valence-corrected chi connectivity index (χ0v) is 14.9. The number of benzene rings is 1. The highest BCUT2D eigenvalue weighted by Crippen LogP contribution is 2.43. The standard InChI is InChI=1S/C20H28O2/c1-12-8-14(3)19(21-6)17(10-12)16(5)18-11-13(2)9-15(4)20(18)22-7/h8-10,16,18H,11H2,1-7H3. The maximum absolute atomic E-state index is 5.74. The van der Waals surface area contributed by atoms with E-state index in [2.05, 4.69) is 52.8 Å². The first-order chi connectivity index (χ1) is 10.4. The van der Waals surface area contributed by atoms with Crippen LogP contribution in [0.25, 0.3) is 0 Å². The molecule has 2 atom stereocenters. The van der Waals surface area contributed by atoms with Gasteiger partial charge in [0.05, 0.1) is 14.2 Å². The van der Waals surface area contributed by atoms with Crippen molar-refractivity contribution in [1.82, 2.24) is 0 Å². The molecule has 0 bridgehead atoms. The molecule has 2 unspecified atom stereocenters. The zero-order chi connectivity index (χ0) is 16.4. The molecule has 1 aliphatic rings. The molecule has 2 rings (SSSR count). The Kier molecular flexibility index (Phi) is 5.00. The molecule has 0 N–H and O–H groups in total. The van der Waals surface area contributed by atoms with Crippen molar-refractivity contribution in [3.63, 3.8) is 0 Å². The molecule has 22 heavy (non-hydrogen) atoms. The lowest BCUT2D eigenvalue weighted by molar-refractivity contribution is 0.219. The van der Waals surface area contributed by atoms with Gasteiger partial charge in [-0.1, -0.05) is 36.3 Å². The lowest BCUT2D eigenvalue weighted by Gasteiger charge is -2.31. The summed E-state index contributed by atoms with van der Waals surface area (Å²) in [5.41, 5.74) is 6.42. The minimum atomic E-state index is 0.349. The third-order valence-electron chi connectivity index (χ3n) is 4.70. The fraction of sp³-hybridized carbons (Fsp3) is 0.500. The summed E-state index contributed by atoms with van der Waals surface area (Å²) in [7, 11) is 3.55. The summed E-state index contributed by atoms with van der Waals surface area (Å²) in [6, 6.07) is 4.44. The summed E-state index contributed by atoms with van der Waals surface area (Å²) in [5.74, 6) is 2.84. The number of methoxy groups -OCH3 is 2. The van der Waals surface area contributed by atoms with Gasteiger partial charge in [-0.2, -0.15) is 0 Å². The Bertz CT molecular complexity index is 623. The number of ether oxygens (including phenoxy) is 2. The van der Waals surface area contributed by atoms with E-state index < -0.39 is 0 Å². The first-order valence-electron chi connectivity index (χ1n) is 7.96. The van der Waals surface area contributed by atoms with Crippen molar-refractivity contribution < 1.29 is 9.47 Å². The molecule has 0 saturated carbocycles. The van der Waals surface area contributed by atoms with E-state index >= 15 is 0 Å². The third-order valence-corrected chi connectivity index (χ3v) is 4.70. The van der Waals surface area contributed by atoms with E-state index in [0.29, 0.717) is 11.8 Å². The van der Waals surface area contributed by atoms with Crippen LogP contribution in [-0.2, 0) is 4.74 Å². The Morgan fingerprint density at radius 3 is 2.32 bits per heavy atom. The number of hydrogen-bond acceptors (Lipinski definition) is 2. The number of aryl methyl sites for hydroxylation is 2. The molecule has 2 nitrogen and oxygen atoms in total. The normalized spacial score (nSPS) is 19.8. The molecular formula is C20H28O2. The van der Waals surface area contributed by atoms with E-state index in [1.165, 1.54) is 27.8 Å². The molecule has 0 aliphatic heterocycles. The molecule has 0 heterocycles. The molecule has 0 radical (unpaired) electrons.